The molecule has 1 rings (SSSR count). The third kappa shape index (κ3) is 3.51. The van der Waals surface area contributed by atoms with Crippen LogP contribution in [0.5, 0.6) is 5.75 Å². The first kappa shape index (κ1) is 14.1. The normalized spacial score (nSPS) is 9.88. The van der Waals surface area contributed by atoms with Crippen molar-refractivity contribution in [2.45, 2.75) is 0 Å². The molecule has 0 aliphatic heterocycles. The van der Waals surface area contributed by atoms with Crippen molar-refractivity contribution in [3.63, 3.8) is 0 Å². The van der Waals surface area contributed by atoms with Crippen LogP contribution in [-0.4, -0.2) is 25.4 Å². The number of ether oxygens (including phenoxy) is 1. The Balaban J connectivity index is 2.99. The van der Waals surface area contributed by atoms with E-state index in [9.17, 15) is 9.18 Å². The number of carbonyl (C=O) groups excluding carboxylic acids is 1. The summed E-state index contributed by atoms with van der Waals surface area (Å²) in [6.07, 6.45) is 3.49. The van der Waals surface area contributed by atoms with Gasteiger partial charge in [0.1, 0.15) is 5.75 Å². The SMILES string of the molecule is COc1ccc(C(=O)C(F)=C(SC)SC)cc1. The molecule has 5 heteroatoms. The summed E-state index contributed by atoms with van der Waals surface area (Å²) >= 11 is 2.46. The van der Waals surface area contributed by atoms with Crippen LogP contribution in [0.15, 0.2) is 34.3 Å². The first-order valence-corrected chi connectivity index (χ1v) is 7.25. The van der Waals surface area contributed by atoms with Gasteiger partial charge in [0.05, 0.1) is 11.3 Å². The minimum Gasteiger partial charge on any atom is -0.497 e. The third-order valence-electron chi connectivity index (χ3n) is 2.10. The molecule has 0 aliphatic rings. The van der Waals surface area contributed by atoms with Gasteiger partial charge in [-0.05, 0) is 36.8 Å². The van der Waals surface area contributed by atoms with Crippen LogP contribution in [0.3, 0.4) is 0 Å². The Kier molecular flexibility index (Phi) is 5.58. The minimum absolute atomic E-state index is 0.323. The minimum atomic E-state index is -0.699. The number of allylic oxidation sites excluding steroid dienone is 1. The van der Waals surface area contributed by atoms with Gasteiger partial charge in [0.15, 0.2) is 5.83 Å². The second-order valence-corrected chi connectivity index (χ2v) is 4.96. The van der Waals surface area contributed by atoms with Gasteiger partial charge < -0.3 is 4.74 Å². The highest BCUT2D eigenvalue weighted by molar-refractivity contribution is 8.21. The maximum atomic E-state index is 13.8. The van der Waals surface area contributed by atoms with Crippen molar-refractivity contribution in [3.8, 4) is 5.75 Å². The fraction of sp³-hybridized carbons (Fsp3) is 0.250. The molecule has 0 saturated carbocycles. The molecule has 17 heavy (non-hydrogen) atoms. The lowest BCUT2D eigenvalue weighted by atomic mass is 10.1. The quantitative estimate of drug-likeness (QED) is 0.602. The largest absolute Gasteiger partial charge is 0.497 e. The van der Waals surface area contributed by atoms with Crippen LogP contribution >= 0.6 is 23.5 Å². The van der Waals surface area contributed by atoms with Crippen molar-refractivity contribution in [3.05, 3.63) is 39.9 Å². The Morgan fingerprint density at radius 1 is 1.18 bits per heavy atom. The molecule has 2 nitrogen and oxygen atoms in total. The molecule has 0 bridgehead atoms. The molecule has 0 amide bonds. The van der Waals surface area contributed by atoms with Crippen LogP contribution in [0, 0.1) is 0 Å². The topological polar surface area (TPSA) is 26.3 Å². The molecule has 0 fully saturated rings. The molecule has 0 N–H and O–H groups in total. The number of thioether (sulfide) groups is 2. The molecule has 0 radical (unpaired) electrons. The summed E-state index contributed by atoms with van der Waals surface area (Å²) in [4.78, 5) is 11.8. The molecule has 1 aromatic carbocycles. The molecule has 0 aromatic heterocycles. The number of methoxy groups -OCH3 is 1. The van der Waals surface area contributed by atoms with Crippen LogP contribution < -0.4 is 4.74 Å². The number of Topliss-reactive ketones (excluding diaryl/α,β-unsaturated/α-hetero) is 1. The van der Waals surface area contributed by atoms with E-state index in [0.29, 0.717) is 15.6 Å². The molecule has 1 aromatic rings. The third-order valence-corrected chi connectivity index (χ3v) is 4.20. The van der Waals surface area contributed by atoms with Gasteiger partial charge in [-0.2, -0.15) is 0 Å². The van der Waals surface area contributed by atoms with Gasteiger partial charge in [-0.25, -0.2) is 4.39 Å². The van der Waals surface area contributed by atoms with Gasteiger partial charge in [-0.1, -0.05) is 0 Å². The Morgan fingerprint density at radius 2 is 1.71 bits per heavy atom. The van der Waals surface area contributed by atoms with E-state index in [-0.39, 0.29) is 0 Å². The molecule has 0 saturated heterocycles. The monoisotopic (exact) mass is 272 g/mol. The lowest BCUT2D eigenvalue weighted by Crippen LogP contribution is -2.01. The van der Waals surface area contributed by atoms with E-state index >= 15 is 0 Å². The highest BCUT2D eigenvalue weighted by Gasteiger charge is 2.16. The van der Waals surface area contributed by atoms with E-state index in [2.05, 4.69) is 0 Å². The van der Waals surface area contributed by atoms with E-state index in [1.165, 1.54) is 30.6 Å². The summed E-state index contributed by atoms with van der Waals surface area (Å²) in [5, 5.41) is 0. The van der Waals surface area contributed by atoms with Crippen molar-refractivity contribution in [2.24, 2.45) is 0 Å². The van der Waals surface area contributed by atoms with Gasteiger partial charge >= 0.3 is 0 Å². The van der Waals surface area contributed by atoms with Crippen LogP contribution in [0.2, 0.25) is 0 Å². The van der Waals surface area contributed by atoms with E-state index in [0.717, 1.165) is 0 Å². The number of hydrogen-bond acceptors (Lipinski definition) is 4. The Hall–Kier alpha value is -0.940. The highest BCUT2D eigenvalue weighted by atomic mass is 32.2. The summed E-state index contributed by atoms with van der Waals surface area (Å²) in [6.45, 7) is 0. The molecular weight excluding hydrogens is 259 g/mol. The van der Waals surface area contributed by atoms with Crippen LogP contribution in [0.4, 0.5) is 4.39 Å². The van der Waals surface area contributed by atoms with E-state index < -0.39 is 11.6 Å². The molecule has 92 valence electrons. The zero-order valence-electron chi connectivity index (χ0n) is 9.82. The average molecular weight is 272 g/mol. The zero-order valence-corrected chi connectivity index (χ0v) is 11.5. The van der Waals surface area contributed by atoms with Crippen molar-refractivity contribution in [2.75, 3.05) is 19.6 Å². The number of ketones is 1. The highest BCUT2D eigenvalue weighted by Crippen LogP contribution is 2.30. The van der Waals surface area contributed by atoms with Gasteiger partial charge in [0, 0.05) is 5.56 Å². The standard InChI is InChI=1S/C12H13FO2S2/c1-15-9-6-4-8(5-7-9)11(14)10(13)12(16-2)17-3/h4-7H,1-3H3. The number of benzene rings is 1. The number of carbonyl (C=O) groups is 1. The smallest absolute Gasteiger partial charge is 0.223 e. The predicted molar refractivity (Wildman–Crippen MR) is 72.5 cm³/mol. The van der Waals surface area contributed by atoms with Crippen molar-refractivity contribution in [1.82, 2.24) is 0 Å². The van der Waals surface area contributed by atoms with Crippen LogP contribution in [0.25, 0.3) is 0 Å². The molecule has 0 unspecified atom stereocenters. The zero-order chi connectivity index (χ0) is 12.8. The summed E-state index contributed by atoms with van der Waals surface area (Å²) in [7, 11) is 1.54. The lowest BCUT2D eigenvalue weighted by molar-refractivity contribution is 0.100. The van der Waals surface area contributed by atoms with Crippen LogP contribution in [0.1, 0.15) is 10.4 Å². The van der Waals surface area contributed by atoms with Gasteiger partial charge in [-0.15, -0.1) is 23.5 Å². The summed E-state index contributed by atoms with van der Waals surface area (Å²) in [6, 6.07) is 6.38. The van der Waals surface area contributed by atoms with Gasteiger partial charge in [-0.3, -0.25) is 4.79 Å². The Labute approximate surface area is 109 Å². The van der Waals surface area contributed by atoms with E-state index in [1.54, 1.807) is 36.8 Å². The second-order valence-electron chi connectivity index (χ2n) is 3.07. The summed E-state index contributed by atoms with van der Waals surface area (Å²) in [5.41, 5.74) is 0.323. The maximum Gasteiger partial charge on any atom is 0.223 e. The number of rotatable bonds is 5. The van der Waals surface area contributed by atoms with Crippen LogP contribution in [-0.2, 0) is 0 Å². The van der Waals surface area contributed by atoms with E-state index in [1.807, 2.05) is 0 Å². The number of hydrogen-bond donors (Lipinski definition) is 0. The van der Waals surface area contributed by atoms with Gasteiger partial charge in [0.2, 0.25) is 5.78 Å². The van der Waals surface area contributed by atoms with Gasteiger partial charge in [0.25, 0.3) is 0 Å². The Morgan fingerprint density at radius 3 is 2.12 bits per heavy atom. The maximum absolute atomic E-state index is 13.8. The Bertz CT molecular complexity index is 421. The average Bonchev–Trinajstić information content (AvgIpc) is 2.39. The first-order chi connectivity index (χ1) is 8.13. The summed E-state index contributed by atoms with van der Waals surface area (Å²) < 4.78 is 19.2. The van der Waals surface area contributed by atoms with Crippen molar-refractivity contribution >= 4 is 29.3 Å². The van der Waals surface area contributed by atoms with Crippen molar-refractivity contribution < 1.29 is 13.9 Å². The molecule has 0 atom stereocenters. The fourth-order valence-corrected chi connectivity index (χ4v) is 2.43. The predicted octanol–water partition coefficient (Wildman–Crippen LogP) is 3.74. The molecular formula is C12H13FO2S2. The fourth-order valence-electron chi connectivity index (χ4n) is 1.22. The molecule has 0 aliphatic carbocycles. The molecule has 0 heterocycles. The lowest BCUT2D eigenvalue weighted by Gasteiger charge is -2.04. The van der Waals surface area contributed by atoms with Crippen molar-refractivity contribution in [1.29, 1.82) is 0 Å². The summed E-state index contributed by atoms with van der Waals surface area (Å²) in [5.74, 6) is -0.651. The second kappa shape index (κ2) is 6.71. The number of halogens is 1. The first-order valence-electron chi connectivity index (χ1n) is 4.80. The molecule has 0 spiro atoms. The van der Waals surface area contributed by atoms with E-state index in [4.69, 9.17) is 4.74 Å².